The SMILES string of the molecule is CC(=O)Nc1ccnn1-c1cc(-c2ccccc2)cc(-c2ccc(-c3nc(-c4ccccc4)nc(-n4nccc4NC(C)=O)n3)cc2)c1. The molecule has 4 aromatic carbocycles. The minimum atomic E-state index is -0.233. The average Bonchev–Trinajstić information content (AvgIpc) is 3.78. The van der Waals surface area contributed by atoms with E-state index in [4.69, 9.17) is 15.0 Å². The number of carbonyl (C=O) groups excluding carboxylic acids is 2. The molecule has 0 atom stereocenters. The normalized spacial score (nSPS) is 10.9. The second kappa shape index (κ2) is 12.9. The van der Waals surface area contributed by atoms with Crippen LogP contribution in [0.2, 0.25) is 0 Å². The molecule has 0 aliphatic rings. The van der Waals surface area contributed by atoms with Crippen LogP contribution in [-0.2, 0) is 9.59 Å². The van der Waals surface area contributed by atoms with Crippen molar-refractivity contribution in [2.45, 2.75) is 13.8 Å². The Balaban J connectivity index is 1.31. The number of carbonyl (C=O) groups is 2. The maximum Gasteiger partial charge on any atom is 0.256 e. The van der Waals surface area contributed by atoms with Crippen LogP contribution in [0.25, 0.3) is 56.7 Å². The van der Waals surface area contributed by atoms with Gasteiger partial charge in [0, 0.05) is 37.1 Å². The van der Waals surface area contributed by atoms with Crippen molar-refractivity contribution in [1.82, 2.24) is 34.5 Å². The second-order valence-electron chi connectivity index (χ2n) is 11.0. The second-order valence-corrected chi connectivity index (χ2v) is 11.0. The molecule has 7 rings (SSSR count). The van der Waals surface area contributed by atoms with Crippen LogP contribution in [0.15, 0.2) is 128 Å². The summed E-state index contributed by atoms with van der Waals surface area (Å²) in [5.74, 6) is 1.80. The molecule has 0 aliphatic heterocycles. The molecule has 0 radical (unpaired) electrons. The Morgan fingerprint density at radius 1 is 0.500 bits per heavy atom. The van der Waals surface area contributed by atoms with E-state index in [0.717, 1.165) is 39.1 Å². The van der Waals surface area contributed by atoms with E-state index < -0.39 is 0 Å². The molecular weight excluding hydrogens is 602 g/mol. The highest BCUT2D eigenvalue weighted by atomic mass is 16.2. The van der Waals surface area contributed by atoms with Crippen molar-refractivity contribution < 1.29 is 9.59 Å². The van der Waals surface area contributed by atoms with Gasteiger partial charge in [0.15, 0.2) is 11.6 Å². The summed E-state index contributed by atoms with van der Waals surface area (Å²) in [7, 11) is 0. The van der Waals surface area contributed by atoms with E-state index in [2.05, 4.69) is 39.0 Å². The zero-order valence-electron chi connectivity index (χ0n) is 26.1. The molecular formula is C37H29N9O2. The number of aromatic nitrogens is 7. The van der Waals surface area contributed by atoms with Crippen molar-refractivity contribution in [3.63, 3.8) is 0 Å². The quantitative estimate of drug-likeness (QED) is 0.188. The number of rotatable bonds is 8. The minimum absolute atomic E-state index is 0.178. The van der Waals surface area contributed by atoms with Crippen LogP contribution < -0.4 is 10.6 Å². The number of nitrogens with zero attached hydrogens (tertiary/aromatic N) is 7. The largest absolute Gasteiger partial charge is 0.311 e. The van der Waals surface area contributed by atoms with Crippen LogP contribution in [-0.4, -0.2) is 46.3 Å². The number of hydrogen-bond acceptors (Lipinski definition) is 7. The van der Waals surface area contributed by atoms with Gasteiger partial charge in [-0.3, -0.25) is 9.59 Å². The van der Waals surface area contributed by atoms with Crippen LogP contribution in [0.3, 0.4) is 0 Å². The van der Waals surface area contributed by atoms with Crippen molar-refractivity contribution in [2.24, 2.45) is 0 Å². The third kappa shape index (κ3) is 6.33. The summed E-state index contributed by atoms with van der Waals surface area (Å²) in [5, 5.41) is 14.5. The lowest BCUT2D eigenvalue weighted by atomic mass is 9.97. The molecule has 2 amide bonds. The van der Waals surface area contributed by atoms with E-state index in [1.165, 1.54) is 18.5 Å². The number of nitrogens with one attached hydrogen (secondary N) is 2. The number of amides is 2. The van der Waals surface area contributed by atoms with Gasteiger partial charge in [0.05, 0.1) is 18.1 Å². The van der Waals surface area contributed by atoms with Crippen molar-refractivity contribution in [3.05, 3.63) is 128 Å². The van der Waals surface area contributed by atoms with E-state index in [0.29, 0.717) is 23.3 Å². The lowest BCUT2D eigenvalue weighted by Crippen LogP contribution is -2.14. The number of hydrogen-bond donors (Lipinski definition) is 2. The highest BCUT2D eigenvalue weighted by Crippen LogP contribution is 2.32. The van der Waals surface area contributed by atoms with Crippen LogP contribution in [0.5, 0.6) is 0 Å². The van der Waals surface area contributed by atoms with Gasteiger partial charge in [-0.1, -0.05) is 84.9 Å². The van der Waals surface area contributed by atoms with E-state index in [-0.39, 0.29) is 17.8 Å². The van der Waals surface area contributed by atoms with Crippen LogP contribution in [0.4, 0.5) is 11.6 Å². The van der Waals surface area contributed by atoms with Gasteiger partial charge in [-0.05, 0) is 40.5 Å². The molecule has 0 saturated heterocycles. The average molecular weight is 632 g/mol. The van der Waals surface area contributed by atoms with E-state index in [9.17, 15) is 9.59 Å². The molecule has 234 valence electrons. The molecule has 2 N–H and O–H groups in total. The molecule has 48 heavy (non-hydrogen) atoms. The molecule has 0 bridgehead atoms. The van der Waals surface area contributed by atoms with E-state index in [1.807, 2.05) is 84.9 Å². The van der Waals surface area contributed by atoms with Crippen LogP contribution in [0, 0.1) is 0 Å². The van der Waals surface area contributed by atoms with Crippen LogP contribution in [0.1, 0.15) is 13.8 Å². The molecule has 11 nitrogen and oxygen atoms in total. The van der Waals surface area contributed by atoms with Gasteiger partial charge in [-0.15, -0.1) is 0 Å². The zero-order chi connectivity index (χ0) is 33.0. The topological polar surface area (TPSA) is 133 Å². The van der Waals surface area contributed by atoms with Gasteiger partial charge >= 0.3 is 0 Å². The zero-order valence-corrected chi connectivity index (χ0v) is 26.1. The molecule has 3 heterocycles. The Bertz CT molecular complexity index is 2080. The fourth-order valence-corrected chi connectivity index (χ4v) is 5.34. The third-order valence-corrected chi connectivity index (χ3v) is 7.48. The molecule has 0 saturated carbocycles. The Labute approximate surface area is 276 Å². The van der Waals surface area contributed by atoms with Gasteiger partial charge in [-0.2, -0.15) is 24.8 Å². The van der Waals surface area contributed by atoms with Gasteiger partial charge in [0.1, 0.15) is 11.6 Å². The summed E-state index contributed by atoms with van der Waals surface area (Å²) in [4.78, 5) is 38.0. The maximum atomic E-state index is 11.9. The Morgan fingerprint density at radius 2 is 0.958 bits per heavy atom. The first-order valence-corrected chi connectivity index (χ1v) is 15.2. The maximum absolute atomic E-state index is 11.9. The molecule has 11 heteroatoms. The third-order valence-electron chi connectivity index (χ3n) is 7.48. The summed E-state index contributed by atoms with van der Waals surface area (Å²) in [6.07, 6.45) is 3.23. The first-order chi connectivity index (χ1) is 23.4. The summed E-state index contributed by atoms with van der Waals surface area (Å²) in [6, 6.07) is 37.4. The molecule has 0 spiro atoms. The smallest absolute Gasteiger partial charge is 0.256 e. The Hall–Kier alpha value is -6.75. The van der Waals surface area contributed by atoms with Crippen molar-refractivity contribution in [2.75, 3.05) is 10.6 Å². The predicted molar refractivity (Wildman–Crippen MR) is 184 cm³/mol. The van der Waals surface area contributed by atoms with E-state index in [1.54, 1.807) is 29.2 Å². The minimum Gasteiger partial charge on any atom is -0.311 e. The summed E-state index contributed by atoms with van der Waals surface area (Å²) in [5.41, 5.74) is 6.35. The van der Waals surface area contributed by atoms with Gasteiger partial charge in [0.2, 0.25) is 11.8 Å². The monoisotopic (exact) mass is 631 g/mol. The molecule has 0 unspecified atom stereocenters. The number of benzene rings is 4. The van der Waals surface area contributed by atoms with Crippen molar-refractivity contribution in [1.29, 1.82) is 0 Å². The fraction of sp³-hybridized carbons (Fsp3) is 0.0541. The summed E-state index contributed by atoms with van der Waals surface area (Å²) < 4.78 is 3.20. The first kappa shape index (κ1) is 29.9. The first-order valence-electron chi connectivity index (χ1n) is 15.2. The Morgan fingerprint density at radius 3 is 1.52 bits per heavy atom. The number of anilines is 2. The van der Waals surface area contributed by atoms with E-state index >= 15 is 0 Å². The van der Waals surface area contributed by atoms with Crippen molar-refractivity contribution >= 4 is 23.5 Å². The Kier molecular flexibility index (Phi) is 8.06. The molecule has 3 aromatic heterocycles. The molecule has 0 aliphatic carbocycles. The molecule has 0 fully saturated rings. The fourth-order valence-electron chi connectivity index (χ4n) is 5.34. The predicted octanol–water partition coefficient (Wildman–Crippen LogP) is 6.83. The summed E-state index contributed by atoms with van der Waals surface area (Å²) in [6.45, 7) is 2.91. The highest BCUT2D eigenvalue weighted by Gasteiger charge is 2.16. The highest BCUT2D eigenvalue weighted by molar-refractivity contribution is 5.88. The van der Waals surface area contributed by atoms with Crippen molar-refractivity contribution in [3.8, 4) is 56.7 Å². The molecule has 7 aromatic rings. The van der Waals surface area contributed by atoms with Gasteiger partial charge < -0.3 is 10.6 Å². The lowest BCUT2D eigenvalue weighted by Gasteiger charge is -2.14. The standard InChI is InChI=1S/C37H29N9O2/c1-24(47)40-33-17-19-38-45(33)32-22-30(26-9-5-3-6-10-26)21-31(23-32)27-13-15-29(16-14-27)36-42-35(28-11-7-4-8-12-28)43-37(44-36)46-34(18-20-39-46)41-25(2)48/h3-23H,1-2H3,(H,40,47)(H,41,48). The lowest BCUT2D eigenvalue weighted by molar-refractivity contribution is -0.115. The van der Waals surface area contributed by atoms with Crippen LogP contribution >= 0.6 is 0 Å². The van der Waals surface area contributed by atoms with Gasteiger partial charge in [0.25, 0.3) is 5.95 Å². The van der Waals surface area contributed by atoms with Gasteiger partial charge in [-0.25, -0.2) is 9.67 Å². The summed E-state index contributed by atoms with van der Waals surface area (Å²) >= 11 is 0.